The number of halogens is 2. The van der Waals surface area contributed by atoms with E-state index < -0.39 is 0 Å². The zero-order valence-electron chi connectivity index (χ0n) is 6.63. The fourth-order valence-electron chi connectivity index (χ4n) is 0.551. The summed E-state index contributed by atoms with van der Waals surface area (Å²) in [5, 5.41) is 0. The van der Waals surface area contributed by atoms with Gasteiger partial charge >= 0.3 is 0 Å². The molecule has 0 heterocycles. The summed E-state index contributed by atoms with van der Waals surface area (Å²) in [4.78, 5) is 3.85. The molecule has 5 heteroatoms. The Bertz CT molecular complexity index is 101. The molecular weight excluding hydrogens is 262 g/mol. The van der Waals surface area contributed by atoms with Gasteiger partial charge in [0.2, 0.25) is 5.96 Å². The molecule has 0 aliphatic heterocycles. The Morgan fingerprint density at radius 1 is 1.10 bits per heavy atom. The van der Waals surface area contributed by atoms with Crippen molar-refractivity contribution in [3.63, 3.8) is 0 Å². The van der Waals surface area contributed by atoms with Crippen LogP contribution in [0.3, 0.4) is 0 Å². The van der Waals surface area contributed by atoms with Crippen LogP contribution in [0.4, 0.5) is 0 Å². The molecule has 0 aromatic rings. The van der Waals surface area contributed by atoms with Crippen LogP contribution in [0.25, 0.3) is 0 Å². The lowest BCUT2D eigenvalue weighted by atomic mass is 10.7. The first-order valence-electron chi connectivity index (χ1n) is 2.63. The molecule has 0 aliphatic carbocycles. The maximum absolute atomic E-state index is 3.87. The van der Waals surface area contributed by atoms with E-state index in [1.807, 2.05) is 38.0 Å². The Kier molecular flexibility index (Phi) is 7.69. The van der Waals surface area contributed by atoms with Gasteiger partial charge in [0.15, 0.2) is 0 Å². The summed E-state index contributed by atoms with van der Waals surface area (Å²) in [5.74, 6) is 0.898. The molecule has 0 spiro atoms. The van der Waals surface area contributed by atoms with Crippen molar-refractivity contribution in [2.45, 2.75) is 0 Å². The predicted molar refractivity (Wildman–Crippen MR) is 54.1 cm³/mol. The lowest BCUT2D eigenvalue weighted by Gasteiger charge is -2.20. The molecule has 62 valence electrons. The fourth-order valence-corrected chi connectivity index (χ4v) is 1.19. The molecular formula is C5H13Br2N3. The molecule has 0 amide bonds. The van der Waals surface area contributed by atoms with Crippen LogP contribution in [0.1, 0.15) is 0 Å². The van der Waals surface area contributed by atoms with Gasteiger partial charge in [-0.2, -0.15) is 4.02 Å². The minimum atomic E-state index is 0. The molecule has 0 rings (SSSR count). The highest BCUT2D eigenvalue weighted by Crippen LogP contribution is 1.92. The molecule has 0 N–H and O–H groups in total. The summed E-state index contributed by atoms with van der Waals surface area (Å²) < 4.78 is 3.87. The Morgan fingerprint density at radius 3 is 1.40 bits per heavy atom. The van der Waals surface area contributed by atoms with Crippen molar-refractivity contribution in [3.05, 3.63) is 0 Å². The highest BCUT2D eigenvalue weighted by Gasteiger charge is 2.00. The van der Waals surface area contributed by atoms with Gasteiger partial charge in [-0.1, -0.05) is 0 Å². The smallest absolute Gasteiger partial charge is 0.207 e. The first kappa shape index (κ1) is 12.9. The summed E-state index contributed by atoms with van der Waals surface area (Å²) in [6.45, 7) is 0. The third kappa shape index (κ3) is 4.11. The van der Waals surface area contributed by atoms with Gasteiger partial charge in [-0.05, 0) is 0 Å². The molecule has 0 bridgehead atoms. The van der Waals surface area contributed by atoms with Crippen LogP contribution < -0.4 is 0 Å². The van der Waals surface area contributed by atoms with Crippen LogP contribution in [0.5, 0.6) is 0 Å². The van der Waals surface area contributed by atoms with E-state index in [9.17, 15) is 0 Å². The van der Waals surface area contributed by atoms with Crippen LogP contribution in [0.15, 0.2) is 4.02 Å². The maximum Gasteiger partial charge on any atom is 0.207 e. The van der Waals surface area contributed by atoms with Crippen molar-refractivity contribution in [1.29, 1.82) is 0 Å². The SMILES string of the molecule is Br.CN(C)C(=NBr)N(C)C. The lowest BCUT2D eigenvalue weighted by Crippen LogP contribution is -2.34. The van der Waals surface area contributed by atoms with Crippen LogP contribution in [0.2, 0.25) is 0 Å². The summed E-state index contributed by atoms with van der Waals surface area (Å²) in [7, 11) is 7.78. The quantitative estimate of drug-likeness (QED) is 0.491. The van der Waals surface area contributed by atoms with E-state index in [1.54, 1.807) is 0 Å². The van der Waals surface area contributed by atoms with E-state index >= 15 is 0 Å². The van der Waals surface area contributed by atoms with Gasteiger partial charge in [0.05, 0.1) is 16.1 Å². The van der Waals surface area contributed by atoms with E-state index in [2.05, 4.69) is 20.2 Å². The van der Waals surface area contributed by atoms with Crippen LogP contribution in [0, 0.1) is 0 Å². The third-order valence-corrected chi connectivity index (χ3v) is 1.19. The summed E-state index contributed by atoms with van der Waals surface area (Å²) in [6, 6.07) is 0. The Morgan fingerprint density at radius 2 is 1.40 bits per heavy atom. The van der Waals surface area contributed by atoms with E-state index in [-0.39, 0.29) is 17.0 Å². The molecule has 0 aromatic carbocycles. The van der Waals surface area contributed by atoms with Crippen molar-refractivity contribution in [2.75, 3.05) is 28.2 Å². The zero-order chi connectivity index (χ0) is 7.44. The fraction of sp³-hybridized carbons (Fsp3) is 0.800. The second kappa shape index (κ2) is 5.97. The Hall–Kier alpha value is 0.230. The van der Waals surface area contributed by atoms with Crippen molar-refractivity contribution in [3.8, 4) is 0 Å². The summed E-state index contributed by atoms with van der Waals surface area (Å²) >= 11 is 3.02. The van der Waals surface area contributed by atoms with Gasteiger partial charge in [-0.25, -0.2) is 0 Å². The number of hydrogen-bond donors (Lipinski definition) is 0. The first-order valence-corrected chi connectivity index (χ1v) is 3.34. The van der Waals surface area contributed by atoms with Crippen molar-refractivity contribution in [1.82, 2.24) is 9.80 Å². The largest absolute Gasteiger partial charge is 0.348 e. The normalized spacial score (nSPS) is 7.70. The van der Waals surface area contributed by atoms with Gasteiger partial charge in [-0.15, -0.1) is 17.0 Å². The van der Waals surface area contributed by atoms with Gasteiger partial charge in [0, 0.05) is 28.2 Å². The second-order valence-corrected chi connectivity index (χ2v) is 2.53. The molecule has 0 fully saturated rings. The van der Waals surface area contributed by atoms with Crippen LogP contribution in [-0.2, 0) is 0 Å². The van der Waals surface area contributed by atoms with E-state index in [0.717, 1.165) is 5.96 Å². The van der Waals surface area contributed by atoms with Crippen LogP contribution >= 0.6 is 33.1 Å². The van der Waals surface area contributed by atoms with E-state index in [0.29, 0.717) is 0 Å². The third-order valence-electron chi connectivity index (χ3n) is 0.876. The molecule has 0 aromatic heterocycles. The Labute approximate surface area is 81.2 Å². The van der Waals surface area contributed by atoms with Gasteiger partial charge in [0.1, 0.15) is 0 Å². The first-order chi connectivity index (χ1) is 4.09. The highest BCUT2D eigenvalue weighted by molar-refractivity contribution is 9.08. The number of hydrogen-bond acceptors (Lipinski definition) is 1. The molecule has 0 saturated carbocycles. The standard InChI is InChI=1S/C5H12BrN3.BrH/c1-8(2)5(7-6)9(3)4;/h1-4H3;1H. The lowest BCUT2D eigenvalue weighted by molar-refractivity contribution is 0.487. The van der Waals surface area contributed by atoms with E-state index in [1.165, 1.54) is 0 Å². The topological polar surface area (TPSA) is 18.8 Å². The molecule has 0 atom stereocenters. The summed E-state index contributed by atoms with van der Waals surface area (Å²) in [5.41, 5.74) is 0. The van der Waals surface area contributed by atoms with E-state index in [4.69, 9.17) is 0 Å². The zero-order valence-corrected chi connectivity index (χ0v) is 9.93. The number of nitrogens with zero attached hydrogens (tertiary/aromatic N) is 3. The van der Waals surface area contributed by atoms with Gasteiger partial charge in [0.25, 0.3) is 0 Å². The molecule has 0 aliphatic rings. The second-order valence-electron chi connectivity index (χ2n) is 2.17. The summed E-state index contributed by atoms with van der Waals surface area (Å²) in [6.07, 6.45) is 0. The van der Waals surface area contributed by atoms with Gasteiger partial charge < -0.3 is 9.80 Å². The van der Waals surface area contributed by atoms with Gasteiger partial charge in [-0.3, -0.25) is 0 Å². The maximum atomic E-state index is 3.87. The highest BCUT2D eigenvalue weighted by atomic mass is 79.9. The van der Waals surface area contributed by atoms with Crippen molar-refractivity contribution < 1.29 is 0 Å². The molecule has 0 saturated heterocycles. The molecule has 0 radical (unpaired) electrons. The average molecular weight is 275 g/mol. The molecule has 0 unspecified atom stereocenters. The number of guanidine groups is 1. The van der Waals surface area contributed by atoms with Crippen LogP contribution in [-0.4, -0.2) is 44.0 Å². The van der Waals surface area contributed by atoms with Crippen molar-refractivity contribution in [2.24, 2.45) is 4.02 Å². The van der Waals surface area contributed by atoms with Crippen molar-refractivity contribution >= 4 is 39.1 Å². The molecule has 3 nitrogen and oxygen atoms in total. The monoisotopic (exact) mass is 273 g/mol. The number of rotatable bonds is 0. The average Bonchev–Trinajstić information content (AvgIpc) is 1.64. The molecule has 10 heavy (non-hydrogen) atoms. The predicted octanol–water partition coefficient (Wildman–Crippen LogP) is 1.35. The minimum Gasteiger partial charge on any atom is -0.348 e. The Balaban J connectivity index is 0. The minimum absolute atomic E-state index is 0.